The number of halogens is 1. The van der Waals surface area contributed by atoms with Crippen LogP contribution in [0.1, 0.15) is 22.5 Å². The first-order valence-corrected chi connectivity index (χ1v) is 6.78. The first kappa shape index (κ1) is 14.6. The molecule has 0 saturated heterocycles. The maximum Gasteiger partial charge on any atom is 0.159 e. The van der Waals surface area contributed by atoms with Crippen molar-refractivity contribution in [2.45, 2.75) is 27.2 Å². The molecule has 0 atom stereocenters. The second kappa shape index (κ2) is 6.09. The van der Waals surface area contributed by atoms with Gasteiger partial charge in [-0.05, 0) is 64.0 Å². The normalized spacial score (nSPS) is 10.8. The molecule has 1 heterocycles. The van der Waals surface area contributed by atoms with E-state index in [1.54, 1.807) is 6.07 Å². The molecular formula is C16H20FN3. The number of hydrogen-bond acceptors (Lipinski definition) is 3. The van der Waals surface area contributed by atoms with Crippen LogP contribution in [0.4, 0.5) is 4.39 Å². The molecule has 4 heteroatoms. The predicted molar refractivity (Wildman–Crippen MR) is 79.3 cm³/mol. The van der Waals surface area contributed by atoms with Gasteiger partial charge < -0.3 is 5.32 Å². The largest absolute Gasteiger partial charge is 0.319 e. The van der Waals surface area contributed by atoms with Crippen LogP contribution in [0.3, 0.4) is 0 Å². The monoisotopic (exact) mass is 273 g/mol. The Hall–Kier alpha value is -1.81. The van der Waals surface area contributed by atoms with E-state index in [0.29, 0.717) is 5.82 Å². The van der Waals surface area contributed by atoms with Crippen LogP contribution >= 0.6 is 0 Å². The average Bonchev–Trinajstić information content (AvgIpc) is 2.40. The molecule has 0 aliphatic heterocycles. The molecule has 0 radical (unpaired) electrons. The smallest absolute Gasteiger partial charge is 0.159 e. The molecule has 0 bridgehead atoms. The first-order valence-electron chi connectivity index (χ1n) is 6.78. The van der Waals surface area contributed by atoms with Gasteiger partial charge >= 0.3 is 0 Å². The minimum atomic E-state index is -0.260. The van der Waals surface area contributed by atoms with E-state index in [1.165, 1.54) is 12.1 Å². The fraction of sp³-hybridized carbons (Fsp3) is 0.375. The number of rotatable bonds is 4. The van der Waals surface area contributed by atoms with Crippen LogP contribution in [0.2, 0.25) is 0 Å². The molecule has 0 spiro atoms. The van der Waals surface area contributed by atoms with Crippen LogP contribution in [-0.4, -0.2) is 23.6 Å². The molecule has 1 aromatic heterocycles. The van der Waals surface area contributed by atoms with Gasteiger partial charge in [-0.15, -0.1) is 0 Å². The van der Waals surface area contributed by atoms with Gasteiger partial charge in [0.05, 0.1) is 0 Å². The molecule has 0 unspecified atom stereocenters. The van der Waals surface area contributed by atoms with Crippen LogP contribution < -0.4 is 5.32 Å². The molecule has 20 heavy (non-hydrogen) atoms. The zero-order valence-corrected chi connectivity index (χ0v) is 12.4. The Morgan fingerprint density at radius 1 is 1.10 bits per heavy atom. The van der Waals surface area contributed by atoms with Crippen LogP contribution in [0.25, 0.3) is 11.4 Å². The van der Waals surface area contributed by atoms with Crippen molar-refractivity contribution in [2.75, 3.05) is 13.6 Å². The fourth-order valence-corrected chi connectivity index (χ4v) is 2.31. The van der Waals surface area contributed by atoms with Crippen molar-refractivity contribution >= 4 is 0 Å². The van der Waals surface area contributed by atoms with E-state index in [-0.39, 0.29) is 5.82 Å². The topological polar surface area (TPSA) is 37.8 Å². The van der Waals surface area contributed by atoms with Crippen LogP contribution in [0, 0.1) is 26.6 Å². The van der Waals surface area contributed by atoms with E-state index >= 15 is 0 Å². The van der Waals surface area contributed by atoms with Crippen LogP contribution in [-0.2, 0) is 6.42 Å². The number of aryl methyl sites for hydroxylation is 3. The standard InChI is InChI=1S/C16H20FN3/c1-10-5-6-13(17)9-15(10)16-19-11(2)14(7-8-18-4)12(3)20-16/h5-6,9,18H,7-8H2,1-4H3. The van der Waals surface area contributed by atoms with E-state index in [0.717, 1.165) is 41.0 Å². The van der Waals surface area contributed by atoms with Crippen LogP contribution in [0.5, 0.6) is 0 Å². The average molecular weight is 273 g/mol. The lowest BCUT2D eigenvalue weighted by atomic mass is 10.1. The van der Waals surface area contributed by atoms with Gasteiger partial charge in [0, 0.05) is 17.0 Å². The molecule has 2 aromatic rings. The summed E-state index contributed by atoms with van der Waals surface area (Å²) in [5.74, 6) is 0.342. The summed E-state index contributed by atoms with van der Waals surface area (Å²) in [6.45, 7) is 6.80. The second-order valence-electron chi connectivity index (χ2n) is 5.01. The van der Waals surface area contributed by atoms with Crippen molar-refractivity contribution in [1.29, 1.82) is 0 Å². The second-order valence-corrected chi connectivity index (χ2v) is 5.01. The summed E-state index contributed by atoms with van der Waals surface area (Å²) >= 11 is 0. The fourth-order valence-electron chi connectivity index (χ4n) is 2.31. The number of aromatic nitrogens is 2. The minimum Gasteiger partial charge on any atom is -0.319 e. The third-order valence-electron chi connectivity index (χ3n) is 3.49. The number of benzene rings is 1. The highest BCUT2D eigenvalue weighted by Gasteiger charge is 2.12. The maximum absolute atomic E-state index is 13.4. The van der Waals surface area contributed by atoms with Crippen molar-refractivity contribution in [3.8, 4) is 11.4 Å². The Morgan fingerprint density at radius 3 is 2.35 bits per heavy atom. The van der Waals surface area contributed by atoms with Gasteiger partial charge in [-0.1, -0.05) is 6.07 Å². The zero-order valence-electron chi connectivity index (χ0n) is 12.4. The van der Waals surface area contributed by atoms with E-state index in [2.05, 4.69) is 15.3 Å². The number of nitrogens with zero attached hydrogens (tertiary/aromatic N) is 2. The lowest BCUT2D eigenvalue weighted by Crippen LogP contribution is -2.13. The summed E-state index contributed by atoms with van der Waals surface area (Å²) in [4.78, 5) is 9.11. The lowest BCUT2D eigenvalue weighted by molar-refractivity contribution is 0.627. The van der Waals surface area contributed by atoms with Crippen molar-refractivity contribution in [1.82, 2.24) is 15.3 Å². The molecule has 0 fully saturated rings. The Balaban J connectivity index is 2.46. The number of nitrogens with one attached hydrogen (secondary N) is 1. The molecule has 1 N–H and O–H groups in total. The van der Waals surface area contributed by atoms with E-state index in [1.807, 2.05) is 27.8 Å². The quantitative estimate of drug-likeness (QED) is 0.930. The highest BCUT2D eigenvalue weighted by Crippen LogP contribution is 2.23. The van der Waals surface area contributed by atoms with Crippen LogP contribution in [0.15, 0.2) is 18.2 Å². The molecule has 0 saturated carbocycles. The molecule has 0 aliphatic carbocycles. The summed E-state index contributed by atoms with van der Waals surface area (Å²) in [5, 5.41) is 3.13. The Kier molecular flexibility index (Phi) is 4.45. The SMILES string of the molecule is CNCCc1c(C)nc(-c2cc(F)ccc2C)nc1C. The Bertz CT molecular complexity index is 600. The molecule has 106 valence electrons. The van der Waals surface area contributed by atoms with E-state index in [4.69, 9.17) is 0 Å². The summed E-state index contributed by atoms with van der Waals surface area (Å²) in [5.41, 5.74) is 4.83. The Labute approximate surface area is 119 Å². The van der Waals surface area contributed by atoms with Crippen molar-refractivity contribution in [2.24, 2.45) is 0 Å². The van der Waals surface area contributed by atoms with Crippen molar-refractivity contribution in [3.63, 3.8) is 0 Å². The van der Waals surface area contributed by atoms with Gasteiger partial charge in [0.2, 0.25) is 0 Å². The summed E-state index contributed by atoms with van der Waals surface area (Å²) in [6.07, 6.45) is 0.899. The van der Waals surface area contributed by atoms with Gasteiger partial charge in [-0.25, -0.2) is 14.4 Å². The highest BCUT2D eigenvalue weighted by molar-refractivity contribution is 5.60. The molecule has 0 amide bonds. The molecule has 1 aromatic carbocycles. The summed E-state index contributed by atoms with van der Waals surface area (Å²) < 4.78 is 13.4. The van der Waals surface area contributed by atoms with Crippen molar-refractivity contribution < 1.29 is 4.39 Å². The molecular weight excluding hydrogens is 253 g/mol. The number of likely N-dealkylation sites (N-methyl/N-ethyl adjacent to an activating group) is 1. The van der Waals surface area contributed by atoms with E-state index in [9.17, 15) is 4.39 Å². The van der Waals surface area contributed by atoms with Gasteiger partial charge in [0.15, 0.2) is 5.82 Å². The number of hydrogen-bond donors (Lipinski definition) is 1. The summed E-state index contributed by atoms with van der Waals surface area (Å²) in [7, 11) is 1.93. The lowest BCUT2D eigenvalue weighted by Gasteiger charge is -2.12. The zero-order chi connectivity index (χ0) is 14.7. The van der Waals surface area contributed by atoms with Gasteiger partial charge in [-0.2, -0.15) is 0 Å². The molecule has 2 rings (SSSR count). The highest BCUT2D eigenvalue weighted by atomic mass is 19.1. The summed E-state index contributed by atoms with van der Waals surface area (Å²) in [6, 6.07) is 4.71. The third kappa shape index (κ3) is 3.02. The predicted octanol–water partition coefficient (Wildman–Crippen LogP) is 2.97. The first-order chi connectivity index (χ1) is 9.52. The van der Waals surface area contributed by atoms with Gasteiger partial charge in [0.25, 0.3) is 0 Å². The molecule has 3 nitrogen and oxygen atoms in total. The van der Waals surface area contributed by atoms with Gasteiger partial charge in [0.1, 0.15) is 5.82 Å². The molecule has 0 aliphatic rings. The van der Waals surface area contributed by atoms with Crippen molar-refractivity contribution in [3.05, 3.63) is 46.5 Å². The van der Waals surface area contributed by atoms with E-state index < -0.39 is 0 Å². The third-order valence-corrected chi connectivity index (χ3v) is 3.49. The maximum atomic E-state index is 13.4. The Morgan fingerprint density at radius 2 is 1.75 bits per heavy atom. The minimum absolute atomic E-state index is 0.260. The van der Waals surface area contributed by atoms with Gasteiger partial charge in [-0.3, -0.25) is 0 Å².